The molecule has 2 aromatic carbocycles. The summed E-state index contributed by atoms with van der Waals surface area (Å²) in [6.45, 7) is 19.6. The van der Waals surface area contributed by atoms with Crippen LogP contribution < -0.4 is 9.47 Å². The number of esters is 2. The minimum absolute atomic E-state index is 0.00288. The number of ether oxygens (including phenoxy) is 10. The zero-order chi connectivity index (χ0) is 50.5. The van der Waals surface area contributed by atoms with Gasteiger partial charge in [-0.1, -0.05) is 76.3 Å². The molecule has 4 aliphatic rings. The lowest BCUT2D eigenvalue weighted by atomic mass is 9.94. The van der Waals surface area contributed by atoms with Crippen LogP contribution in [0.2, 0.25) is 0 Å². The normalized spacial score (nSPS) is 29.7. The Hall–Kier alpha value is -5.55. The molecule has 4 aromatic rings. The van der Waals surface area contributed by atoms with Gasteiger partial charge in [-0.2, -0.15) is 0 Å². The van der Waals surface area contributed by atoms with Gasteiger partial charge in [-0.3, -0.25) is 4.79 Å². The van der Waals surface area contributed by atoms with E-state index in [9.17, 15) is 14.4 Å². The van der Waals surface area contributed by atoms with Gasteiger partial charge in [0.15, 0.2) is 37.2 Å². The monoisotopic (exact) mass is 968 g/mol. The lowest BCUT2D eigenvalue weighted by Gasteiger charge is -2.23. The van der Waals surface area contributed by atoms with Crippen LogP contribution in [0.5, 0.6) is 11.5 Å². The van der Waals surface area contributed by atoms with Crippen LogP contribution in [-0.4, -0.2) is 94.2 Å². The van der Waals surface area contributed by atoms with E-state index in [1.807, 2.05) is 85.8 Å². The van der Waals surface area contributed by atoms with Gasteiger partial charge in [-0.05, 0) is 66.5 Å². The molecular formula is C55H68O15. The summed E-state index contributed by atoms with van der Waals surface area (Å²) in [5.41, 5.74) is 2.83. The minimum atomic E-state index is -0.701. The molecule has 4 aliphatic heterocycles. The highest BCUT2D eigenvalue weighted by Crippen LogP contribution is 2.40. The van der Waals surface area contributed by atoms with E-state index in [1.165, 1.54) is 14.2 Å². The molecule has 0 radical (unpaired) electrons. The zero-order valence-electron chi connectivity index (χ0n) is 42.3. The Kier molecular flexibility index (Phi) is 16.6. The molecule has 2 saturated heterocycles. The van der Waals surface area contributed by atoms with Gasteiger partial charge in [-0.15, -0.1) is 0 Å². The highest BCUT2D eigenvalue weighted by molar-refractivity contribution is 6.06. The average molecular weight is 969 g/mol. The van der Waals surface area contributed by atoms with Crippen LogP contribution in [0.15, 0.2) is 75.8 Å². The van der Waals surface area contributed by atoms with E-state index in [2.05, 4.69) is 38.2 Å². The number of rotatable bonds is 7. The van der Waals surface area contributed by atoms with Gasteiger partial charge >= 0.3 is 11.9 Å². The molecule has 6 heterocycles. The van der Waals surface area contributed by atoms with Gasteiger partial charge in [0, 0.05) is 71.9 Å². The fraction of sp³-hybridized carbons (Fsp3) is 0.509. The summed E-state index contributed by atoms with van der Waals surface area (Å²) in [6.07, 6.45) is 18.2. The van der Waals surface area contributed by atoms with Gasteiger partial charge < -0.3 is 56.2 Å². The van der Waals surface area contributed by atoms with Crippen LogP contribution >= 0.6 is 0 Å². The van der Waals surface area contributed by atoms with Gasteiger partial charge in [-0.25, -0.2) is 9.59 Å². The second kappa shape index (κ2) is 22.3. The topological polar surface area (TPSA) is 170 Å². The molecule has 378 valence electrons. The van der Waals surface area contributed by atoms with Gasteiger partial charge in [0.2, 0.25) is 0 Å². The molecular weight excluding hydrogens is 901 g/mol. The zero-order valence-corrected chi connectivity index (χ0v) is 42.3. The van der Waals surface area contributed by atoms with E-state index in [0.717, 1.165) is 5.39 Å². The third-order valence-corrected chi connectivity index (χ3v) is 13.1. The maximum atomic E-state index is 13.5. The first kappa shape index (κ1) is 52.3. The molecule has 0 aliphatic carbocycles. The van der Waals surface area contributed by atoms with Crippen molar-refractivity contribution >= 4 is 52.3 Å². The molecule has 2 fully saturated rings. The van der Waals surface area contributed by atoms with Crippen molar-refractivity contribution in [2.45, 2.75) is 130 Å². The summed E-state index contributed by atoms with van der Waals surface area (Å²) >= 11 is 0. The van der Waals surface area contributed by atoms with Crippen LogP contribution in [-0.2, 0) is 37.9 Å². The molecule has 0 bridgehead atoms. The van der Waals surface area contributed by atoms with Crippen molar-refractivity contribution in [2.24, 2.45) is 23.7 Å². The Balaban J connectivity index is 0.000000207. The van der Waals surface area contributed by atoms with E-state index in [1.54, 1.807) is 24.5 Å². The van der Waals surface area contributed by atoms with E-state index in [-0.39, 0.29) is 84.9 Å². The second-order valence-corrected chi connectivity index (χ2v) is 19.4. The molecule has 15 heteroatoms. The number of aldehydes is 1. The summed E-state index contributed by atoms with van der Waals surface area (Å²) in [7, 11) is 3.02. The SMILES string of the molecule is COCOc1cc2oc(C=O)cc2c2c1C(=O)O[C@@H](C)[C@H](C)/C=C\C(C)[C@H]1OC(C)(C)O[C@H]1CC=C2.COCOc1cc2occc2c2c1C(=O)O[C@@H](C)[C@H](C)/C=C\C(C)[C@H]1OC(C)(C)O[C@H]1CC=C2. The van der Waals surface area contributed by atoms with Crippen molar-refractivity contribution < 1.29 is 70.6 Å². The minimum Gasteiger partial charge on any atom is -0.466 e. The molecule has 0 N–H and O–H groups in total. The van der Waals surface area contributed by atoms with Crippen molar-refractivity contribution in [1.82, 2.24) is 0 Å². The maximum absolute atomic E-state index is 13.5. The summed E-state index contributed by atoms with van der Waals surface area (Å²) in [5.74, 6) is -1.42. The summed E-state index contributed by atoms with van der Waals surface area (Å²) < 4.78 is 69.7. The Morgan fingerprint density at radius 1 is 0.614 bits per heavy atom. The van der Waals surface area contributed by atoms with Gasteiger partial charge in [0.05, 0.1) is 30.7 Å². The first-order chi connectivity index (χ1) is 33.3. The third kappa shape index (κ3) is 12.0. The van der Waals surface area contributed by atoms with Gasteiger partial charge in [0.25, 0.3) is 0 Å². The number of hydrogen-bond donors (Lipinski definition) is 0. The number of hydrogen-bond acceptors (Lipinski definition) is 15. The largest absolute Gasteiger partial charge is 0.466 e. The van der Waals surface area contributed by atoms with Crippen LogP contribution in [0.1, 0.15) is 124 Å². The van der Waals surface area contributed by atoms with Crippen molar-refractivity contribution in [2.75, 3.05) is 27.8 Å². The number of carbonyl (C=O) groups is 3. The van der Waals surface area contributed by atoms with E-state index in [0.29, 0.717) is 58.1 Å². The van der Waals surface area contributed by atoms with Gasteiger partial charge in [0.1, 0.15) is 46.0 Å². The number of benzene rings is 2. The number of furan rings is 2. The lowest BCUT2D eigenvalue weighted by molar-refractivity contribution is -0.148. The number of methoxy groups -OCH3 is 2. The highest BCUT2D eigenvalue weighted by Gasteiger charge is 2.44. The molecule has 70 heavy (non-hydrogen) atoms. The summed E-state index contributed by atoms with van der Waals surface area (Å²) in [4.78, 5) is 38.4. The predicted molar refractivity (Wildman–Crippen MR) is 262 cm³/mol. The van der Waals surface area contributed by atoms with E-state index >= 15 is 0 Å². The Morgan fingerprint density at radius 2 is 1.07 bits per heavy atom. The molecule has 8 rings (SSSR count). The predicted octanol–water partition coefficient (Wildman–Crippen LogP) is 11.3. The number of carbonyl (C=O) groups excluding carboxylic acids is 3. The Morgan fingerprint density at radius 3 is 1.54 bits per heavy atom. The number of fused-ring (bicyclic) bond motifs is 8. The molecule has 2 aromatic heterocycles. The fourth-order valence-corrected chi connectivity index (χ4v) is 9.14. The van der Waals surface area contributed by atoms with Crippen molar-refractivity contribution in [3.05, 3.63) is 95.0 Å². The second-order valence-electron chi connectivity index (χ2n) is 19.4. The molecule has 10 atom stereocenters. The fourth-order valence-electron chi connectivity index (χ4n) is 9.14. The summed E-state index contributed by atoms with van der Waals surface area (Å²) in [5, 5.41) is 1.40. The first-order valence-corrected chi connectivity index (χ1v) is 24.0. The molecule has 2 unspecified atom stereocenters. The average Bonchev–Trinajstić information content (AvgIpc) is 4.11. The third-order valence-electron chi connectivity index (χ3n) is 13.1. The maximum Gasteiger partial charge on any atom is 0.342 e. The van der Waals surface area contributed by atoms with Crippen molar-refractivity contribution in [3.63, 3.8) is 0 Å². The molecule has 0 amide bonds. The quantitative estimate of drug-likeness (QED) is 0.0741. The highest BCUT2D eigenvalue weighted by atomic mass is 16.8. The van der Waals surface area contributed by atoms with Crippen molar-refractivity contribution in [1.29, 1.82) is 0 Å². The van der Waals surface area contributed by atoms with Crippen LogP contribution in [0.25, 0.3) is 34.1 Å². The van der Waals surface area contributed by atoms with Crippen LogP contribution in [0, 0.1) is 23.7 Å². The molecule has 15 nitrogen and oxygen atoms in total. The summed E-state index contributed by atoms with van der Waals surface area (Å²) in [6, 6.07) is 6.74. The lowest BCUT2D eigenvalue weighted by Crippen LogP contribution is -2.29. The van der Waals surface area contributed by atoms with Crippen molar-refractivity contribution in [3.8, 4) is 11.5 Å². The Bertz CT molecular complexity index is 2610. The van der Waals surface area contributed by atoms with E-state index in [4.69, 9.17) is 56.2 Å². The van der Waals surface area contributed by atoms with E-state index < -0.39 is 29.6 Å². The molecule has 0 saturated carbocycles. The van der Waals surface area contributed by atoms with Crippen LogP contribution in [0.4, 0.5) is 0 Å². The standard InChI is InChI=1S/C28H34O8.C27H34O7/c1-16-10-11-17(2)26-22(35-28(4,5)36-26)9-7-8-20-21-12-19(14-29)34-23(21)13-24(32-15-31-6)25(20)27(30)33-18(16)3;1-16-10-11-17(2)25-21(33-27(4,5)34-25)9-7-8-20-19-12-13-30-22(19)14-23(31-15-29-6)24(20)26(28)32-18(16)3/h7-8,10-14,16-18,22,26H,9,15H2,1-6H3;7-8,10-14,16-18,21,25H,9,15H2,1-6H3/b2*8-7?,11-10-/t16-,17?,18+,22+,26-;16-,17?,18+,21+,25-/m11/s1. The first-order valence-electron chi connectivity index (χ1n) is 24.0. The van der Waals surface area contributed by atoms with Crippen LogP contribution in [0.3, 0.4) is 0 Å². The molecule has 0 spiro atoms. The smallest absolute Gasteiger partial charge is 0.342 e. The Labute approximate surface area is 410 Å². The number of cyclic esters (lactones) is 2.